The molecule has 1 saturated carbocycles. The molecule has 0 radical (unpaired) electrons. The number of carbonyl (C=O) groups is 1. The van der Waals surface area contributed by atoms with Crippen LogP contribution in [-0.2, 0) is 4.79 Å². The van der Waals surface area contributed by atoms with Crippen LogP contribution < -0.4 is 5.73 Å². The van der Waals surface area contributed by atoms with E-state index in [0.29, 0.717) is 25.7 Å². The van der Waals surface area contributed by atoms with E-state index in [4.69, 9.17) is 5.73 Å². The smallest absolute Gasteiger partial charge is 0.220 e. The number of hydrogen-bond acceptors (Lipinski definition) is 3. The molecule has 22 heavy (non-hydrogen) atoms. The number of aliphatic hydroxyl groups is 1. The van der Waals surface area contributed by atoms with E-state index >= 15 is 0 Å². The maximum Gasteiger partial charge on any atom is 0.220 e. The van der Waals surface area contributed by atoms with Crippen molar-refractivity contribution >= 4 is 5.91 Å². The number of amides is 1. The number of rotatable bonds is 2. The fourth-order valence-corrected chi connectivity index (χ4v) is 4.06. The topological polar surface area (TPSA) is 81.1 Å². The normalized spacial score (nSPS) is 29.9. The minimum absolute atomic E-state index is 0.112. The minimum Gasteiger partial charge on any atom is -0.387 e. The Morgan fingerprint density at radius 1 is 1.32 bits per heavy atom. The number of fused-ring (bicyclic) bond motifs is 3. The summed E-state index contributed by atoms with van der Waals surface area (Å²) < 4.78 is 2.06. The van der Waals surface area contributed by atoms with Crippen molar-refractivity contribution in [2.24, 2.45) is 11.7 Å². The molecule has 1 fully saturated rings. The molecule has 0 bridgehead atoms. The number of benzene rings is 1. The fraction of sp³-hybridized carbons (Fsp3) is 0.412. The average Bonchev–Trinajstić information content (AvgIpc) is 3.07. The zero-order valence-corrected chi connectivity index (χ0v) is 12.3. The summed E-state index contributed by atoms with van der Waals surface area (Å²) in [5.74, 6) is -0.364. The summed E-state index contributed by atoms with van der Waals surface area (Å²) in [4.78, 5) is 15.6. The Hall–Kier alpha value is -2.14. The van der Waals surface area contributed by atoms with Crippen molar-refractivity contribution < 1.29 is 9.90 Å². The Morgan fingerprint density at radius 2 is 2.05 bits per heavy atom. The van der Waals surface area contributed by atoms with E-state index in [1.54, 1.807) is 6.33 Å². The summed E-state index contributed by atoms with van der Waals surface area (Å²) in [6, 6.07) is 8.03. The number of carbonyl (C=O) groups excluding carboxylic acids is 1. The molecule has 114 valence electrons. The van der Waals surface area contributed by atoms with Crippen LogP contribution in [0.5, 0.6) is 0 Å². The van der Waals surface area contributed by atoms with E-state index in [0.717, 1.165) is 16.8 Å². The number of imidazole rings is 1. The Labute approximate surface area is 128 Å². The molecular formula is C17H19N3O2. The number of hydrogen-bond donors (Lipinski definition) is 2. The van der Waals surface area contributed by atoms with Crippen LogP contribution in [0, 0.1) is 5.92 Å². The van der Waals surface area contributed by atoms with Gasteiger partial charge < -0.3 is 15.4 Å². The van der Waals surface area contributed by atoms with Gasteiger partial charge in [0.25, 0.3) is 0 Å². The minimum atomic E-state index is -0.853. The Morgan fingerprint density at radius 3 is 2.77 bits per heavy atom. The van der Waals surface area contributed by atoms with Crippen LogP contribution in [0.15, 0.2) is 36.8 Å². The van der Waals surface area contributed by atoms with E-state index in [9.17, 15) is 9.90 Å². The molecule has 2 aromatic rings. The molecule has 5 nitrogen and oxygen atoms in total. The lowest BCUT2D eigenvalue weighted by molar-refractivity contribution is -0.125. The van der Waals surface area contributed by atoms with Crippen LogP contribution in [-0.4, -0.2) is 26.2 Å². The van der Waals surface area contributed by atoms with Gasteiger partial charge in [0.05, 0.1) is 29.9 Å². The first kappa shape index (κ1) is 13.5. The molecule has 3 N–H and O–H groups in total. The molecule has 0 spiro atoms. The van der Waals surface area contributed by atoms with Crippen LogP contribution in [0.1, 0.15) is 37.3 Å². The van der Waals surface area contributed by atoms with E-state index in [1.807, 2.05) is 18.3 Å². The third-order valence-corrected chi connectivity index (χ3v) is 5.24. The van der Waals surface area contributed by atoms with Gasteiger partial charge in [0.1, 0.15) is 0 Å². The predicted molar refractivity (Wildman–Crippen MR) is 81.9 cm³/mol. The number of aromatic nitrogens is 2. The van der Waals surface area contributed by atoms with Crippen molar-refractivity contribution in [2.45, 2.75) is 37.3 Å². The molecule has 1 atom stereocenters. The van der Waals surface area contributed by atoms with Gasteiger partial charge in [-0.3, -0.25) is 4.79 Å². The van der Waals surface area contributed by atoms with E-state index in [2.05, 4.69) is 21.7 Å². The largest absolute Gasteiger partial charge is 0.387 e. The average molecular weight is 297 g/mol. The molecule has 1 aromatic heterocycles. The van der Waals surface area contributed by atoms with Crippen molar-refractivity contribution in [2.75, 3.05) is 0 Å². The lowest BCUT2D eigenvalue weighted by Crippen LogP contribution is -2.44. The standard InChI is InChI=1S/C17H19N3O2/c18-16(21)11-5-7-17(22,8-6-11)15-13-4-2-1-3-12(13)14-9-19-10-20(14)15/h1-4,9-11,15,22H,5-8H2,(H2,18,21)/t11-,15-,17+/m1/s1. The van der Waals surface area contributed by atoms with Crippen molar-refractivity contribution in [1.29, 1.82) is 0 Å². The first-order valence-corrected chi connectivity index (χ1v) is 7.73. The highest BCUT2D eigenvalue weighted by molar-refractivity contribution is 5.76. The highest BCUT2D eigenvalue weighted by Crippen LogP contribution is 2.49. The van der Waals surface area contributed by atoms with Crippen LogP contribution in [0.2, 0.25) is 0 Å². The van der Waals surface area contributed by atoms with Gasteiger partial charge >= 0.3 is 0 Å². The quantitative estimate of drug-likeness (QED) is 0.887. The fourth-order valence-electron chi connectivity index (χ4n) is 4.06. The number of nitrogens with zero attached hydrogens (tertiary/aromatic N) is 2. The highest BCUT2D eigenvalue weighted by Gasteiger charge is 2.46. The molecule has 1 amide bonds. The highest BCUT2D eigenvalue weighted by atomic mass is 16.3. The molecule has 0 saturated heterocycles. The van der Waals surface area contributed by atoms with Crippen LogP contribution >= 0.6 is 0 Å². The molecule has 5 heteroatoms. The van der Waals surface area contributed by atoms with E-state index in [-0.39, 0.29) is 17.9 Å². The summed E-state index contributed by atoms with van der Waals surface area (Å²) in [7, 11) is 0. The molecule has 0 unspecified atom stereocenters. The molecule has 4 rings (SSSR count). The number of nitrogens with two attached hydrogens (primary N) is 1. The van der Waals surface area contributed by atoms with Crippen molar-refractivity contribution in [3.8, 4) is 11.3 Å². The second-order valence-corrected chi connectivity index (χ2v) is 6.46. The van der Waals surface area contributed by atoms with Gasteiger partial charge in [-0.25, -0.2) is 4.98 Å². The van der Waals surface area contributed by atoms with Crippen molar-refractivity contribution in [3.05, 3.63) is 42.4 Å². The van der Waals surface area contributed by atoms with Crippen LogP contribution in [0.3, 0.4) is 0 Å². The first-order valence-electron chi connectivity index (χ1n) is 7.73. The third kappa shape index (κ3) is 1.82. The van der Waals surface area contributed by atoms with Crippen molar-refractivity contribution in [1.82, 2.24) is 9.55 Å². The van der Waals surface area contributed by atoms with E-state index < -0.39 is 5.60 Å². The molecule has 2 heterocycles. The van der Waals surface area contributed by atoms with Crippen LogP contribution in [0.25, 0.3) is 11.3 Å². The second-order valence-electron chi connectivity index (χ2n) is 6.46. The van der Waals surface area contributed by atoms with Gasteiger partial charge in [-0.05, 0) is 31.2 Å². The summed E-state index contributed by atoms with van der Waals surface area (Å²) in [6.07, 6.45) is 6.09. The zero-order valence-electron chi connectivity index (χ0n) is 12.3. The predicted octanol–water partition coefficient (Wildman–Crippen LogP) is 1.86. The Bertz CT molecular complexity index is 729. The first-order chi connectivity index (χ1) is 10.6. The lowest BCUT2D eigenvalue weighted by atomic mass is 9.73. The van der Waals surface area contributed by atoms with Crippen molar-refractivity contribution in [3.63, 3.8) is 0 Å². The maximum absolute atomic E-state index is 11.4. The molecule has 1 aliphatic carbocycles. The van der Waals surface area contributed by atoms with Gasteiger partial charge in [-0.2, -0.15) is 0 Å². The summed E-state index contributed by atoms with van der Waals surface area (Å²) in [6.45, 7) is 0. The molecule has 2 aliphatic rings. The van der Waals surface area contributed by atoms with Crippen LogP contribution in [0.4, 0.5) is 0 Å². The second kappa shape index (κ2) is 4.68. The SMILES string of the molecule is NC(=O)[C@H]1CC[C@](O)([C@H]2c3ccccc3-c3cncn32)CC1. The van der Waals surface area contributed by atoms with Gasteiger partial charge in [0.15, 0.2) is 0 Å². The maximum atomic E-state index is 11.4. The monoisotopic (exact) mass is 297 g/mol. The third-order valence-electron chi connectivity index (χ3n) is 5.24. The van der Waals surface area contributed by atoms with E-state index in [1.165, 1.54) is 0 Å². The summed E-state index contributed by atoms with van der Waals surface area (Å²) in [5, 5.41) is 11.3. The number of primary amides is 1. The van der Waals surface area contributed by atoms with Gasteiger partial charge in [-0.1, -0.05) is 24.3 Å². The summed E-state index contributed by atoms with van der Waals surface area (Å²) in [5.41, 5.74) is 7.88. The Balaban J connectivity index is 1.73. The molecular weight excluding hydrogens is 278 g/mol. The van der Waals surface area contributed by atoms with Gasteiger partial charge in [0, 0.05) is 11.5 Å². The Kier molecular flexibility index (Phi) is 2.87. The molecule has 1 aliphatic heterocycles. The summed E-state index contributed by atoms with van der Waals surface area (Å²) >= 11 is 0. The lowest BCUT2D eigenvalue weighted by Gasteiger charge is -2.40. The van der Waals surface area contributed by atoms with Gasteiger partial charge in [-0.15, -0.1) is 0 Å². The molecule has 1 aromatic carbocycles. The van der Waals surface area contributed by atoms with Gasteiger partial charge in [0.2, 0.25) is 5.91 Å². The zero-order chi connectivity index (χ0) is 15.3.